The summed E-state index contributed by atoms with van der Waals surface area (Å²) in [6.07, 6.45) is 0.447. The number of halogens is 3. The topological polar surface area (TPSA) is 68.2 Å². The molecule has 1 fully saturated rings. The first-order chi connectivity index (χ1) is 11.1. The van der Waals surface area contributed by atoms with Crippen molar-refractivity contribution in [1.29, 1.82) is 0 Å². The van der Waals surface area contributed by atoms with E-state index in [-0.39, 0.29) is 48.7 Å². The number of aryl methyl sites for hydroxylation is 1. The summed E-state index contributed by atoms with van der Waals surface area (Å²) >= 11 is 0. The standard InChI is InChI=1S/C16H21FN4O2.2ClH/c1-10-15(18-7-8-23-10)16(22)19-6-5-14-20-12-9-11(17)3-4-13(12)21(14)2;;/h3-4,9-10,15,18H,5-8H2,1-2H3,(H,19,22);2*1H/t10-,15+;;/m1../s1. The van der Waals surface area contributed by atoms with Crippen LogP contribution >= 0.6 is 24.8 Å². The highest BCUT2D eigenvalue weighted by Crippen LogP contribution is 2.16. The van der Waals surface area contributed by atoms with E-state index < -0.39 is 0 Å². The van der Waals surface area contributed by atoms with Crippen LogP contribution < -0.4 is 10.6 Å². The van der Waals surface area contributed by atoms with Gasteiger partial charge in [-0.25, -0.2) is 9.37 Å². The summed E-state index contributed by atoms with van der Waals surface area (Å²) in [5, 5.41) is 6.06. The summed E-state index contributed by atoms with van der Waals surface area (Å²) in [6, 6.07) is 4.23. The molecule has 1 aromatic carbocycles. The molecule has 0 radical (unpaired) electrons. The van der Waals surface area contributed by atoms with Gasteiger partial charge in [-0.2, -0.15) is 0 Å². The van der Waals surface area contributed by atoms with Crippen molar-refractivity contribution in [1.82, 2.24) is 20.2 Å². The van der Waals surface area contributed by atoms with Crippen molar-refractivity contribution < 1.29 is 13.9 Å². The van der Waals surface area contributed by atoms with Gasteiger partial charge < -0.3 is 19.9 Å². The summed E-state index contributed by atoms with van der Waals surface area (Å²) < 4.78 is 20.6. The summed E-state index contributed by atoms with van der Waals surface area (Å²) in [6.45, 7) is 3.67. The van der Waals surface area contributed by atoms with Crippen molar-refractivity contribution in [3.63, 3.8) is 0 Å². The van der Waals surface area contributed by atoms with E-state index in [0.717, 1.165) is 11.3 Å². The number of nitrogens with zero attached hydrogens (tertiary/aromatic N) is 2. The van der Waals surface area contributed by atoms with Crippen molar-refractivity contribution in [2.45, 2.75) is 25.5 Å². The van der Waals surface area contributed by atoms with Gasteiger partial charge in [0, 0.05) is 32.6 Å². The van der Waals surface area contributed by atoms with E-state index in [2.05, 4.69) is 15.6 Å². The van der Waals surface area contributed by atoms with Crippen LogP contribution in [0.5, 0.6) is 0 Å². The number of benzene rings is 1. The second-order valence-corrected chi connectivity index (χ2v) is 5.77. The quantitative estimate of drug-likeness (QED) is 0.828. The van der Waals surface area contributed by atoms with E-state index >= 15 is 0 Å². The van der Waals surface area contributed by atoms with Gasteiger partial charge in [-0.05, 0) is 19.1 Å². The smallest absolute Gasteiger partial charge is 0.239 e. The minimum absolute atomic E-state index is 0. The van der Waals surface area contributed by atoms with Crippen LogP contribution in [0.4, 0.5) is 4.39 Å². The second-order valence-electron chi connectivity index (χ2n) is 5.77. The van der Waals surface area contributed by atoms with Crippen LogP contribution in [-0.4, -0.2) is 47.3 Å². The summed E-state index contributed by atoms with van der Waals surface area (Å²) in [5.41, 5.74) is 1.51. The summed E-state index contributed by atoms with van der Waals surface area (Å²) in [7, 11) is 1.89. The molecule has 0 bridgehead atoms. The number of rotatable bonds is 4. The number of hydrogen-bond donors (Lipinski definition) is 2. The third-order valence-corrected chi connectivity index (χ3v) is 4.18. The Balaban J connectivity index is 0.00000156. The van der Waals surface area contributed by atoms with Gasteiger partial charge in [0.1, 0.15) is 17.7 Å². The Kier molecular flexibility index (Phi) is 8.08. The number of aromatic nitrogens is 2. The van der Waals surface area contributed by atoms with Crippen LogP contribution in [0.2, 0.25) is 0 Å². The molecule has 0 unspecified atom stereocenters. The number of morpholine rings is 1. The van der Waals surface area contributed by atoms with Gasteiger partial charge in [-0.3, -0.25) is 4.79 Å². The molecular weight excluding hydrogens is 370 g/mol. The molecule has 2 N–H and O–H groups in total. The third-order valence-electron chi connectivity index (χ3n) is 4.18. The van der Waals surface area contributed by atoms with Gasteiger partial charge in [0.25, 0.3) is 0 Å². The first-order valence-corrected chi connectivity index (χ1v) is 7.80. The van der Waals surface area contributed by atoms with Crippen LogP contribution in [0.25, 0.3) is 11.0 Å². The number of carbonyl (C=O) groups excluding carboxylic acids is 1. The van der Waals surface area contributed by atoms with Gasteiger partial charge in [0.2, 0.25) is 5.91 Å². The maximum absolute atomic E-state index is 13.3. The highest BCUT2D eigenvalue weighted by molar-refractivity contribution is 5.85. The van der Waals surface area contributed by atoms with E-state index in [1.165, 1.54) is 12.1 Å². The maximum Gasteiger partial charge on any atom is 0.239 e. The number of amides is 1. The van der Waals surface area contributed by atoms with Crippen LogP contribution in [0.1, 0.15) is 12.7 Å². The van der Waals surface area contributed by atoms with Crippen LogP contribution in [0.3, 0.4) is 0 Å². The Labute approximate surface area is 158 Å². The Morgan fingerprint density at radius 3 is 2.96 bits per heavy atom. The highest BCUT2D eigenvalue weighted by atomic mass is 35.5. The highest BCUT2D eigenvalue weighted by Gasteiger charge is 2.27. The molecule has 2 heterocycles. The van der Waals surface area contributed by atoms with E-state index in [1.807, 2.05) is 18.5 Å². The predicted molar refractivity (Wildman–Crippen MR) is 99.1 cm³/mol. The zero-order chi connectivity index (χ0) is 16.4. The number of nitrogens with one attached hydrogen (secondary N) is 2. The van der Waals surface area contributed by atoms with Crippen molar-refractivity contribution in [2.24, 2.45) is 7.05 Å². The lowest BCUT2D eigenvalue weighted by Gasteiger charge is -2.29. The molecule has 6 nitrogen and oxygen atoms in total. The fraction of sp³-hybridized carbons (Fsp3) is 0.500. The van der Waals surface area contributed by atoms with Crippen LogP contribution in [0, 0.1) is 5.82 Å². The zero-order valence-corrected chi connectivity index (χ0v) is 15.8. The lowest BCUT2D eigenvalue weighted by atomic mass is 10.1. The summed E-state index contributed by atoms with van der Waals surface area (Å²) in [5.74, 6) is 0.446. The molecule has 140 valence electrons. The number of hydrogen-bond acceptors (Lipinski definition) is 4. The molecule has 1 amide bonds. The van der Waals surface area contributed by atoms with Gasteiger partial charge >= 0.3 is 0 Å². The predicted octanol–water partition coefficient (Wildman–Crippen LogP) is 1.59. The summed E-state index contributed by atoms with van der Waals surface area (Å²) in [4.78, 5) is 16.6. The minimum Gasteiger partial charge on any atom is -0.375 e. The molecule has 1 aliphatic heterocycles. The average Bonchev–Trinajstić information content (AvgIpc) is 2.83. The van der Waals surface area contributed by atoms with Gasteiger partial charge in [0.15, 0.2) is 0 Å². The largest absolute Gasteiger partial charge is 0.375 e. The van der Waals surface area contributed by atoms with Gasteiger partial charge in [-0.15, -0.1) is 24.8 Å². The van der Waals surface area contributed by atoms with Crippen LogP contribution in [0.15, 0.2) is 18.2 Å². The van der Waals surface area contributed by atoms with E-state index in [4.69, 9.17) is 4.74 Å². The second kappa shape index (κ2) is 9.33. The molecular formula is C16H23Cl2FN4O2. The molecule has 25 heavy (non-hydrogen) atoms. The van der Waals surface area contributed by atoms with Crippen LogP contribution in [-0.2, 0) is 23.0 Å². The van der Waals surface area contributed by atoms with Gasteiger partial charge in [-0.1, -0.05) is 0 Å². The van der Waals surface area contributed by atoms with E-state index in [9.17, 15) is 9.18 Å². The van der Waals surface area contributed by atoms with Crippen molar-refractivity contribution in [2.75, 3.05) is 19.7 Å². The molecule has 1 aromatic heterocycles. The molecule has 9 heteroatoms. The average molecular weight is 393 g/mol. The Morgan fingerprint density at radius 2 is 2.24 bits per heavy atom. The molecule has 2 atom stereocenters. The number of imidazole rings is 1. The van der Waals surface area contributed by atoms with Crippen molar-refractivity contribution in [3.8, 4) is 0 Å². The Bertz CT molecular complexity index is 725. The van der Waals surface area contributed by atoms with Crippen molar-refractivity contribution >= 4 is 41.8 Å². The molecule has 0 spiro atoms. The molecule has 0 saturated carbocycles. The number of fused-ring (bicyclic) bond motifs is 1. The number of ether oxygens (including phenoxy) is 1. The molecule has 3 rings (SSSR count). The van der Waals surface area contributed by atoms with E-state index in [1.54, 1.807) is 6.07 Å². The first-order valence-electron chi connectivity index (χ1n) is 7.80. The normalized spacial score (nSPS) is 19.8. The fourth-order valence-electron chi connectivity index (χ4n) is 2.88. The Hall–Kier alpha value is -1.41. The molecule has 1 saturated heterocycles. The van der Waals surface area contributed by atoms with Gasteiger partial charge in [0.05, 0.1) is 23.7 Å². The first kappa shape index (κ1) is 21.6. The SMILES string of the molecule is C[C@H]1OCCN[C@@H]1C(=O)NCCc1nc2cc(F)ccc2n1C.Cl.Cl. The number of carbonyl (C=O) groups is 1. The lowest BCUT2D eigenvalue weighted by Crippen LogP contribution is -2.55. The molecule has 0 aliphatic carbocycles. The monoisotopic (exact) mass is 392 g/mol. The molecule has 2 aromatic rings. The lowest BCUT2D eigenvalue weighted by molar-refractivity contribution is -0.128. The fourth-order valence-corrected chi connectivity index (χ4v) is 2.88. The minimum atomic E-state index is -0.321. The van der Waals surface area contributed by atoms with E-state index in [0.29, 0.717) is 31.6 Å². The Morgan fingerprint density at radius 1 is 1.48 bits per heavy atom. The maximum atomic E-state index is 13.3. The zero-order valence-electron chi connectivity index (χ0n) is 14.1. The third kappa shape index (κ3) is 4.82. The van der Waals surface area contributed by atoms with Crippen molar-refractivity contribution in [3.05, 3.63) is 29.8 Å². The molecule has 1 aliphatic rings.